The number of benzene rings is 5. The highest BCUT2D eigenvalue weighted by atomic mass is 28.5. The lowest BCUT2D eigenvalue weighted by Gasteiger charge is -2.47. The number of hydrogen-bond donors (Lipinski definition) is 0. The minimum atomic E-state index is -2.78. The standard InChI is InChI=1S/C54H82N2O15Si8/c1-61-32-33-63-35-34-62-31-30-55-51(57)43-26-22-39-41-24-28-45-50-46(29-25-42(48(41)50)40-23-27-44(52(55)58)49(43)47(39)40)54(60)56(53(45)59)38(20-16-18-36-78(14)68-74(6,7)64-72(2,3)65-75(8,9)69-78)21-17-19-37-79(15)70-76(10,11)66-73(4,5)67-77(12,13)71-79/h22-29,38H,16-21,30-37H2,1-15H3. The second-order valence-electron chi connectivity index (χ2n) is 24.7. The maximum absolute atomic E-state index is 15.3. The monoisotopic (exact) mass is 1220 g/mol. The van der Waals surface area contributed by atoms with Crippen LogP contribution in [0.4, 0.5) is 0 Å². The van der Waals surface area contributed by atoms with Gasteiger partial charge in [0.05, 0.1) is 39.6 Å². The molecule has 5 aromatic rings. The molecule has 0 saturated carbocycles. The van der Waals surface area contributed by atoms with Gasteiger partial charge in [0, 0.05) is 46.2 Å². The second-order valence-corrected chi connectivity index (χ2v) is 53.6. The highest BCUT2D eigenvalue weighted by molar-refractivity contribution is 6.94. The van der Waals surface area contributed by atoms with Gasteiger partial charge in [-0.2, -0.15) is 0 Å². The molecule has 430 valence electrons. The third-order valence-corrected chi connectivity index (χ3v) is 48.1. The maximum Gasteiger partial charge on any atom is 0.317 e. The summed E-state index contributed by atoms with van der Waals surface area (Å²) in [6, 6.07) is 16.1. The number of imide groups is 2. The van der Waals surface area contributed by atoms with Crippen molar-refractivity contribution in [1.29, 1.82) is 0 Å². The van der Waals surface area contributed by atoms with Gasteiger partial charge in [0.2, 0.25) is 0 Å². The van der Waals surface area contributed by atoms with Crippen molar-refractivity contribution in [2.45, 2.75) is 148 Å². The molecule has 4 aliphatic heterocycles. The van der Waals surface area contributed by atoms with Crippen LogP contribution < -0.4 is 0 Å². The summed E-state index contributed by atoms with van der Waals surface area (Å²) in [4.78, 5) is 61.7. The van der Waals surface area contributed by atoms with Gasteiger partial charge in [-0.3, -0.25) is 29.0 Å². The van der Waals surface area contributed by atoms with Gasteiger partial charge in [-0.05, 0) is 173 Å². The first-order valence-corrected chi connectivity index (χ1v) is 50.0. The van der Waals surface area contributed by atoms with E-state index in [4.69, 9.17) is 47.1 Å². The van der Waals surface area contributed by atoms with Crippen LogP contribution in [0.3, 0.4) is 0 Å². The van der Waals surface area contributed by atoms with Crippen molar-refractivity contribution in [2.75, 3.05) is 46.7 Å². The van der Waals surface area contributed by atoms with Gasteiger partial charge in [-0.25, -0.2) is 0 Å². The fourth-order valence-corrected chi connectivity index (χ4v) is 56.7. The first-order valence-electron chi connectivity index (χ1n) is 28.1. The smallest absolute Gasteiger partial charge is 0.317 e. The molecule has 17 nitrogen and oxygen atoms in total. The summed E-state index contributed by atoms with van der Waals surface area (Å²) in [7, 11) is -19.3. The summed E-state index contributed by atoms with van der Waals surface area (Å²) in [6.45, 7) is 31.0. The topological polar surface area (TPSA) is 176 Å². The number of methoxy groups -OCH3 is 1. The highest BCUT2D eigenvalue weighted by Gasteiger charge is 2.54. The van der Waals surface area contributed by atoms with Crippen LogP contribution in [0.1, 0.15) is 80.0 Å². The van der Waals surface area contributed by atoms with E-state index in [9.17, 15) is 9.59 Å². The first-order chi connectivity index (χ1) is 36.9. The Morgan fingerprint density at radius 3 is 1.06 bits per heavy atom. The third-order valence-electron chi connectivity index (χ3n) is 15.0. The van der Waals surface area contributed by atoms with Crippen molar-refractivity contribution in [3.8, 4) is 0 Å². The van der Waals surface area contributed by atoms with Gasteiger partial charge in [0.1, 0.15) is 0 Å². The number of ether oxygens (including phenoxy) is 3. The Balaban J connectivity index is 0.994. The number of carbonyl (C=O) groups is 4. The van der Waals surface area contributed by atoms with Crippen LogP contribution in [0, 0.1) is 0 Å². The summed E-state index contributed by atoms with van der Waals surface area (Å²) in [6.07, 6.45) is 4.23. The Morgan fingerprint density at radius 2 is 0.709 bits per heavy atom. The molecular formula is C54H82N2O15Si8. The summed E-state index contributed by atoms with van der Waals surface area (Å²) in [5.41, 5.74) is 1.83. The average molecular weight is 1220 g/mol. The number of fused-ring (bicyclic) bond motifs is 2. The molecule has 0 atom stereocenters. The molecule has 0 spiro atoms. The molecule has 5 aromatic carbocycles. The van der Waals surface area contributed by atoms with Gasteiger partial charge in [0.15, 0.2) is 0 Å². The van der Waals surface area contributed by atoms with E-state index in [1.165, 1.54) is 9.80 Å². The van der Waals surface area contributed by atoms with E-state index >= 15 is 9.59 Å². The molecule has 2 fully saturated rings. The molecule has 25 heteroatoms. The molecule has 2 saturated heterocycles. The summed E-state index contributed by atoms with van der Waals surface area (Å²) in [5.74, 6) is -1.39. The van der Waals surface area contributed by atoms with Crippen LogP contribution in [0.25, 0.3) is 43.1 Å². The molecule has 4 amide bonds. The van der Waals surface area contributed by atoms with Crippen LogP contribution >= 0.6 is 0 Å². The number of rotatable bonds is 20. The van der Waals surface area contributed by atoms with E-state index in [0.717, 1.165) is 70.1 Å². The maximum atomic E-state index is 15.3. The third kappa shape index (κ3) is 13.0. The Labute approximate surface area is 474 Å². The summed E-state index contributed by atoms with van der Waals surface area (Å²) >= 11 is 0. The van der Waals surface area contributed by atoms with Crippen molar-refractivity contribution in [3.05, 3.63) is 70.8 Å². The van der Waals surface area contributed by atoms with E-state index in [2.05, 4.69) is 91.7 Å². The largest absolute Gasteiger partial charge is 0.416 e. The predicted molar refractivity (Wildman–Crippen MR) is 325 cm³/mol. The number of hydrogen-bond acceptors (Lipinski definition) is 15. The normalized spacial score (nSPS) is 22.0. The van der Waals surface area contributed by atoms with E-state index in [1.807, 2.05) is 36.4 Å². The van der Waals surface area contributed by atoms with Gasteiger partial charge in [0.25, 0.3) is 23.6 Å². The average Bonchev–Trinajstić information content (AvgIpc) is 2.67. The molecule has 0 aromatic heterocycles. The zero-order valence-electron chi connectivity index (χ0n) is 49.1. The Bertz CT molecular complexity index is 2940. The number of unbranched alkanes of at least 4 members (excludes halogenated alkanes) is 2. The lowest BCUT2D eigenvalue weighted by Crippen LogP contribution is -2.65. The highest BCUT2D eigenvalue weighted by Crippen LogP contribution is 2.47. The van der Waals surface area contributed by atoms with Gasteiger partial charge in [-0.15, -0.1) is 0 Å². The quantitative estimate of drug-likeness (QED) is 0.0236. The van der Waals surface area contributed by atoms with Crippen molar-refractivity contribution >= 4 is 135 Å². The molecule has 4 heterocycles. The molecule has 9 rings (SSSR count). The second kappa shape index (κ2) is 22.5. The minimum absolute atomic E-state index is 0.0968. The van der Waals surface area contributed by atoms with Crippen LogP contribution in [0.2, 0.25) is 104 Å². The van der Waals surface area contributed by atoms with E-state index in [1.54, 1.807) is 19.2 Å². The first kappa shape index (κ1) is 60.6. The van der Waals surface area contributed by atoms with Crippen LogP contribution in [-0.2, 0) is 47.1 Å². The molecule has 0 aliphatic carbocycles. The van der Waals surface area contributed by atoms with E-state index in [-0.39, 0.29) is 36.8 Å². The SMILES string of the molecule is COCCOCCOCCN1C(=O)c2ccc3c4ccc5c6c(ccc(c7ccc(c2c37)C1=O)c64)C(=O)N(C(CCCC[Si]1(C)O[Si](C)(C)O[Si](C)(C)O[Si](C)(C)O1)CCCC[Si]1(C)O[Si](C)(C)O[Si](C)(C)O[Si](C)(C)O1)C5=O. The number of carbonyl (C=O) groups excluding carboxylic acids is 4. The fourth-order valence-electron chi connectivity index (χ4n) is 13.4. The Morgan fingerprint density at radius 1 is 0.392 bits per heavy atom. The zero-order chi connectivity index (χ0) is 57.3. The Kier molecular flexibility index (Phi) is 17.3. The molecular weight excluding hydrogens is 1140 g/mol. The molecule has 79 heavy (non-hydrogen) atoms. The molecule has 4 aliphatic rings. The van der Waals surface area contributed by atoms with Gasteiger partial charge < -0.3 is 47.1 Å². The van der Waals surface area contributed by atoms with Crippen LogP contribution in [0.5, 0.6) is 0 Å². The van der Waals surface area contributed by atoms with E-state index in [0.29, 0.717) is 72.3 Å². The van der Waals surface area contributed by atoms with E-state index < -0.39 is 74.5 Å². The minimum Gasteiger partial charge on any atom is -0.416 e. The number of amides is 4. The number of nitrogens with zero attached hydrogens (tertiary/aromatic N) is 2. The lowest BCUT2D eigenvalue weighted by molar-refractivity contribution is 0.0189. The predicted octanol–water partition coefficient (Wildman–Crippen LogP) is 11.8. The molecule has 0 N–H and O–H groups in total. The van der Waals surface area contributed by atoms with Crippen molar-refractivity contribution < 1.29 is 66.3 Å². The molecule has 0 unspecified atom stereocenters. The van der Waals surface area contributed by atoms with Crippen LogP contribution in [-0.4, -0.2) is 155 Å². The van der Waals surface area contributed by atoms with Crippen molar-refractivity contribution in [3.63, 3.8) is 0 Å². The van der Waals surface area contributed by atoms with Crippen molar-refractivity contribution in [1.82, 2.24) is 9.80 Å². The summed E-state index contributed by atoms with van der Waals surface area (Å²) < 4.78 is 70.6. The Hall–Kier alpha value is -3.02. The van der Waals surface area contributed by atoms with Gasteiger partial charge >= 0.3 is 68.5 Å². The van der Waals surface area contributed by atoms with Gasteiger partial charge in [-0.1, -0.05) is 49.9 Å². The lowest BCUT2D eigenvalue weighted by atomic mass is 9.82. The van der Waals surface area contributed by atoms with Crippen molar-refractivity contribution in [2.24, 2.45) is 0 Å². The summed E-state index contributed by atoms with van der Waals surface area (Å²) in [5, 5.41) is 6.20. The van der Waals surface area contributed by atoms with Crippen LogP contribution in [0.15, 0.2) is 48.5 Å². The fraction of sp³-hybridized carbons (Fsp3) is 0.556. The molecule has 0 bridgehead atoms. The zero-order valence-corrected chi connectivity index (χ0v) is 57.1. The molecule has 0 radical (unpaired) electrons.